The molecule has 1 amide bonds. The second-order valence-corrected chi connectivity index (χ2v) is 5.19. The van der Waals surface area contributed by atoms with Crippen LogP contribution in [0.2, 0.25) is 0 Å². The lowest BCUT2D eigenvalue weighted by Gasteiger charge is -2.05. The Morgan fingerprint density at radius 1 is 1.27 bits per heavy atom. The first kappa shape index (κ1) is 18.8. The van der Waals surface area contributed by atoms with Crippen LogP contribution in [0.3, 0.4) is 0 Å². The lowest BCUT2D eigenvalue weighted by molar-refractivity contribution is 0.0601. The Morgan fingerprint density at radius 2 is 2.04 bits per heavy atom. The van der Waals surface area contributed by atoms with Gasteiger partial charge in [-0.2, -0.15) is 0 Å². The molecule has 0 bridgehead atoms. The minimum Gasteiger partial charge on any atom is -0.465 e. The number of nitrogens with two attached hydrogens (primary N) is 1. The highest BCUT2D eigenvalue weighted by molar-refractivity contribution is 5.94. The molecule has 1 aromatic heterocycles. The van der Waals surface area contributed by atoms with Gasteiger partial charge in [-0.25, -0.2) is 14.6 Å². The summed E-state index contributed by atoms with van der Waals surface area (Å²) in [5, 5.41) is 2.61. The maximum atomic E-state index is 11.6. The molecule has 0 fully saturated rings. The predicted octanol–water partition coefficient (Wildman–Crippen LogP) is 2.12. The van der Waals surface area contributed by atoms with Crippen molar-refractivity contribution in [2.24, 2.45) is 0 Å². The molecular weight excluding hydrogens is 334 g/mol. The van der Waals surface area contributed by atoms with Crippen LogP contribution in [0, 0.1) is 11.8 Å². The fraction of sp³-hybridized carbons (Fsp3) is 0.211. The number of carbonyl (C=O) groups excluding carboxylic acids is 2. The van der Waals surface area contributed by atoms with Crippen LogP contribution in [-0.4, -0.2) is 30.7 Å². The van der Waals surface area contributed by atoms with Crippen LogP contribution in [0.1, 0.15) is 27.9 Å². The number of pyridine rings is 1. The number of hydrogen-bond acceptors (Lipinski definition) is 6. The average molecular weight is 353 g/mol. The molecule has 7 heteroatoms. The summed E-state index contributed by atoms with van der Waals surface area (Å²) in [6.07, 6.45) is 1.38. The molecule has 2 rings (SSSR count). The number of nitrogen functional groups attached to an aromatic ring is 1. The molecule has 134 valence electrons. The molecule has 3 N–H and O–H groups in total. The summed E-state index contributed by atoms with van der Waals surface area (Å²) < 4.78 is 9.71. The van der Waals surface area contributed by atoms with Crippen molar-refractivity contribution in [3.63, 3.8) is 0 Å². The fourth-order valence-corrected chi connectivity index (χ4v) is 1.98. The molecule has 7 nitrogen and oxygen atoms in total. The van der Waals surface area contributed by atoms with Gasteiger partial charge in [0.2, 0.25) is 0 Å². The minimum atomic E-state index is -0.568. The normalized spacial score (nSPS) is 9.58. The zero-order valence-corrected chi connectivity index (χ0v) is 14.3. The summed E-state index contributed by atoms with van der Waals surface area (Å²) in [4.78, 5) is 27.0. The SMILES string of the molecule is COC(=O)c1cc(C#CCCNC(=O)OCc2ccccc2)cnc1N. The summed E-state index contributed by atoms with van der Waals surface area (Å²) >= 11 is 0. The van der Waals surface area contributed by atoms with Crippen LogP contribution >= 0.6 is 0 Å². The number of nitrogens with one attached hydrogen (secondary N) is 1. The Kier molecular flexibility index (Phi) is 7.01. The smallest absolute Gasteiger partial charge is 0.407 e. The third-order valence-electron chi connectivity index (χ3n) is 3.29. The van der Waals surface area contributed by atoms with Gasteiger partial charge in [-0.05, 0) is 11.6 Å². The van der Waals surface area contributed by atoms with Gasteiger partial charge >= 0.3 is 12.1 Å². The van der Waals surface area contributed by atoms with Crippen LogP contribution in [-0.2, 0) is 16.1 Å². The number of amides is 1. The third kappa shape index (κ3) is 5.83. The maximum absolute atomic E-state index is 11.6. The van der Waals surface area contributed by atoms with E-state index in [0.29, 0.717) is 18.5 Å². The number of hydrogen-bond donors (Lipinski definition) is 2. The lowest BCUT2D eigenvalue weighted by atomic mass is 10.2. The van der Waals surface area contributed by atoms with Crippen molar-refractivity contribution in [3.05, 3.63) is 59.3 Å². The molecule has 26 heavy (non-hydrogen) atoms. The highest BCUT2D eigenvalue weighted by Crippen LogP contribution is 2.11. The van der Waals surface area contributed by atoms with Crippen molar-refractivity contribution in [2.75, 3.05) is 19.4 Å². The summed E-state index contributed by atoms with van der Waals surface area (Å²) in [7, 11) is 1.27. The number of rotatable bonds is 5. The van der Waals surface area contributed by atoms with Gasteiger partial charge in [0.25, 0.3) is 0 Å². The molecule has 0 aliphatic carbocycles. The van der Waals surface area contributed by atoms with E-state index in [1.807, 2.05) is 30.3 Å². The number of methoxy groups -OCH3 is 1. The monoisotopic (exact) mass is 353 g/mol. The van der Waals surface area contributed by atoms with Crippen molar-refractivity contribution >= 4 is 17.9 Å². The van der Waals surface area contributed by atoms with E-state index in [2.05, 4.69) is 26.9 Å². The number of ether oxygens (including phenoxy) is 2. The Hall–Kier alpha value is -3.53. The van der Waals surface area contributed by atoms with E-state index >= 15 is 0 Å². The van der Waals surface area contributed by atoms with Gasteiger partial charge in [-0.1, -0.05) is 42.2 Å². The molecule has 1 aromatic carbocycles. The summed E-state index contributed by atoms with van der Waals surface area (Å²) in [5.41, 5.74) is 7.24. The van der Waals surface area contributed by atoms with Crippen molar-refractivity contribution < 1.29 is 19.1 Å². The fourth-order valence-electron chi connectivity index (χ4n) is 1.98. The van der Waals surface area contributed by atoms with E-state index < -0.39 is 12.1 Å². The molecule has 0 aliphatic rings. The van der Waals surface area contributed by atoms with Crippen molar-refractivity contribution in [3.8, 4) is 11.8 Å². The predicted molar refractivity (Wildman–Crippen MR) is 96.1 cm³/mol. The molecule has 0 unspecified atom stereocenters. The quantitative estimate of drug-likeness (QED) is 0.485. The van der Waals surface area contributed by atoms with Gasteiger partial charge in [0, 0.05) is 24.7 Å². The number of aromatic nitrogens is 1. The standard InChI is InChI=1S/C19H19N3O4/c1-25-18(23)16-11-15(12-22-17(16)20)9-5-6-10-21-19(24)26-13-14-7-3-2-4-8-14/h2-4,7-8,11-12H,6,10,13H2,1H3,(H2,20,22)(H,21,24). The number of nitrogens with zero attached hydrogens (tertiary/aromatic N) is 1. The van der Waals surface area contributed by atoms with E-state index in [0.717, 1.165) is 5.56 Å². The topological polar surface area (TPSA) is 104 Å². The molecule has 0 spiro atoms. The van der Waals surface area contributed by atoms with Gasteiger partial charge in [0.05, 0.1) is 7.11 Å². The Bertz CT molecular complexity index is 826. The van der Waals surface area contributed by atoms with E-state index in [-0.39, 0.29) is 18.0 Å². The Morgan fingerprint density at radius 3 is 2.77 bits per heavy atom. The summed E-state index contributed by atoms with van der Waals surface area (Å²) in [6, 6.07) is 10.9. The highest BCUT2D eigenvalue weighted by Gasteiger charge is 2.11. The molecule has 0 saturated heterocycles. The van der Waals surface area contributed by atoms with Gasteiger partial charge in [0.1, 0.15) is 18.0 Å². The van der Waals surface area contributed by atoms with E-state index in [4.69, 9.17) is 10.5 Å². The molecule has 0 atom stereocenters. The molecular formula is C19H19N3O4. The minimum absolute atomic E-state index is 0.0882. The summed E-state index contributed by atoms with van der Waals surface area (Å²) in [5.74, 6) is 5.26. The number of alkyl carbamates (subject to hydrolysis) is 1. The van der Waals surface area contributed by atoms with Crippen LogP contribution in [0.25, 0.3) is 0 Å². The van der Waals surface area contributed by atoms with Crippen LogP contribution in [0.15, 0.2) is 42.6 Å². The van der Waals surface area contributed by atoms with Gasteiger partial charge in [0.15, 0.2) is 0 Å². The number of esters is 1. The van der Waals surface area contributed by atoms with Crippen molar-refractivity contribution in [1.29, 1.82) is 0 Å². The van der Waals surface area contributed by atoms with E-state index in [1.54, 1.807) is 0 Å². The summed E-state index contributed by atoms with van der Waals surface area (Å²) in [6.45, 7) is 0.554. The third-order valence-corrected chi connectivity index (χ3v) is 3.29. The van der Waals surface area contributed by atoms with Crippen LogP contribution < -0.4 is 11.1 Å². The van der Waals surface area contributed by atoms with Crippen LogP contribution in [0.5, 0.6) is 0 Å². The van der Waals surface area contributed by atoms with Gasteiger partial charge < -0.3 is 20.5 Å². The number of benzene rings is 1. The lowest BCUT2D eigenvalue weighted by Crippen LogP contribution is -2.24. The van der Waals surface area contributed by atoms with Crippen molar-refractivity contribution in [1.82, 2.24) is 10.3 Å². The zero-order valence-electron chi connectivity index (χ0n) is 14.3. The molecule has 0 aliphatic heterocycles. The first-order valence-electron chi connectivity index (χ1n) is 7.87. The second-order valence-electron chi connectivity index (χ2n) is 5.19. The Labute approximate surface area is 151 Å². The van der Waals surface area contributed by atoms with Gasteiger partial charge in [-0.3, -0.25) is 0 Å². The largest absolute Gasteiger partial charge is 0.465 e. The Balaban J connectivity index is 1.76. The molecule has 2 aromatic rings. The maximum Gasteiger partial charge on any atom is 0.407 e. The number of anilines is 1. The second kappa shape index (κ2) is 9.69. The number of carbonyl (C=O) groups is 2. The van der Waals surface area contributed by atoms with E-state index in [9.17, 15) is 9.59 Å². The first-order valence-corrected chi connectivity index (χ1v) is 7.87. The molecule has 0 saturated carbocycles. The average Bonchev–Trinajstić information content (AvgIpc) is 2.67. The zero-order chi connectivity index (χ0) is 18.8. The highest BCUT2D eigenvalue weighted by atomic mass is 16.5. The molecule has 1 heterocycles. The van der Waals surface area contributed by atoms with Crippen molar-refractivity contribution in [2.45, 2.75) is 13.0 Å². The van der Waals surface area contributed by atoms with E-state index in [1.165, 1.54) is 19.4 Å². The van der Waals surface area contributed by atoms with Gasteiger partial charge in [-0.15, -0.1) is 0 Å². The molecule has 0 radical (unpaired) electrons. The van der Waals surface area contributed by atoms with Crippen LogP contribution in [0.4, 0.5) is 10.6 Å². The first-order chi connectivity index (χ1) is 12.6.